The number of nitrogens with zero attached hydrogens (tertiary/aromatic N) is 2. The molecule has 0 saturated carbocycles. The molecule has 3 rings (SSSR count). The van der Waals surface area contributed by atoms with Gasteiger partial charge in [0.2, 0.25) is 5.91 Å². The van der Waals surface area contributed by atoms with Crippen molar-refractivity contribution in [1.29, 1.82) is 0 Å². The number of hydrogen-bond donors (Lipinski definition) is 1. The molecule has 132 valence electrons. The molecule has 4 nitrogen and oxygen atoms in total. The SMILES string of the molecule is Cc1cccc(NC(=O)CN2CCN(Cc3cccc(F)c3)CC2)c1. The van der Waals surface area contributed by atoms with Crippen LogP contribution in [-0.4, -0.2) is 48.4 Å². The standard InChI is InChI=1S/C20H24FN3O/c1-16-4-2-7-19(12-16)22-20(25)15-24-10-8-23(9-11-24)14-17-5-3-6-18(21)13-17/h2-7,12-13H,8-11,14-15H2,1H3,(H,22,25). The van der Waals surface area contributed by atoms with E-state index in [1.807, 2.05) is 37.3 Å². The summed E-state index contributed by atoms with van der Waals surface area (Å²) in [6.45, 7) is 6.62. The Bertz CT molecular complexity index is 726. The number of benzene rings is 2. The molecular weight excluding hydrogens is 317 g/mol. The van der Waals surface area contributed by atoms with Crippen molar-refractivity contribution in [3.8, 4) is 0 Å². The van der Waals surface area contributed by atoms with Crippen LogP contribution in [0.4, 0.5) is 10.1 Å². The molecule has 0 spiro atoms. The van der Waals surface area contributed by atoms with Crippen molar-refractivity contribution in [2.24, 2.45) is 0 Å². The Hall–Kier alpha value is -2.24. The van der Waals surface area contributed by atoms with Gasteiger partial charge >= 0.3 is 0 Å². The summed E-state index contributed by atoms with van der Waals surface area (Å²) in [5.74, 6) is -0.173. The Labute approximate surface area is 148 Å². The number of carbonyl (C=O) groups is 1. The number of amides is 1. The van der Waals surface area contributed by atoms with Gasteiger partial charge in [0.25, 0.3) is 0 Å². The van der Waals surface area contributed by atoms with Crippen molar-refractivity contribution in [2.75, 3.05) is 38.0 Å². The fourth-order valence-electron chi connectivity index (χ4n) is 3.13. The molecule has 1 aliphatic heterocycles. The van der Waals surface area contributed by atoms with Crippen LogP contribution >= 0.6 is 0 Å². The average Bonchev–Trinajstić information content (AvgIpc) is 2.57. The second-order valence-electron chi connectivity index (χ2n) is 6.60. The van der Waals surface area contributed by atoms with E-state index >= 15 is 0 Å². The first-order chi connectivity index (χ1) is 12.1. The van der Waals surface area contributed by atoms with Crippen LogP contribution in [0.1, 0.15) is 11.1 Å². The van der Waals surface area contributed by atoms with Gasteiger partial charge in [-0.05, 0) is 42.3 Å². The summed E-state index contributed by atoms with van der Waals surface area (Å²) in [6, 6.07) is 14.6. The van der Waals surface area contributed by atoms with Crippen LogP contribution in [0.15, 0.2) is 48.5 Å². The minimum absolute atomic E-state index is 0.0178. The predicted octanol–water partition coefficient (Wildman–Crippen LogP) is 2.89. The summed E-state index contributed by atoms with van der Waals surface area (Å²) >= 11 is 0. The van der Waals surface area contributed by atoms with Crippen LogP contribution in [-0.2, 0) is 11.3 Å². The first-order valence-electron chi connectivity index (χ1n) is 8.64. The van der Waals surface area contributed by atoms with Crippen molar-refractivity contribution in [2.45, 2.75) is 13.5 Å². The van der Waals surface area contributed by atoms with E-state index in [1.54, 1.807) is 12.1 Å². The Balaban J connectivity index is 1.43. The van der Waals surface area contributed by atoms with E-state index in [4.69, 9.17) is 0 Å². The molecule has 0 aromatic heterocycles. The lowest BCUT2D eigenvalue weighted by molar-refractivity contribution is -0.117. The number of piperazine rings is 1. The van der Waals surface area contributed by atoms with E-state index in [0.717, 1.165) is 49.5 Å². The summed E-state index contributed by atoms with van der Waals surface area (Å²) in [5.41, 5.74) is 2.96. The highest BCUT2D eigenvalue weighted by Crippen LogP contribution is 2.12. The summed E-state index contributed by atoms with van der Waals surface area (Å²) in [7, 11) is 0. The quantitative estimate of drug-likeness (QED) is 0.908. The van der Waals surface area contributed by atoms with Crippen LogP contribution < -0.4 is 5.32 Å². The minimum atomic E-state index is -0.191. The predicted molar refractivity (Wildman–Crippen MR) is 97.9 cm³/mol. The zero-order chi connectivity index (χ0) is 17.6. The molecule has 0 radical (unpaired) electrons. The zero-order valence-electron chi connectivity index (χ0n) is 14.5. The van der Waals surface area contributed by atoms with E-state index in [-0.39, 0.29) is 11.7 Å². The third kappa shape index (κ3) is 5.37. The van der Waals surface area contributed by atoms with Gasteiger partial charge in [0.15, 0.2) is 0 Å². The number of rotatable bonds is 5. The van der Waals surface area contributed by atoms with Gasteiger partial charge in [0.1, 0.15) is 5.82 Å². The van der Waals surface area contributed by atoms with Crippen LogP contribution in [0.25, 0.3) is 0 Å². The molecule has 1 aliphatic rings. The molecule has 0 unspecified atom stereocenters. The van der Waals surface area contributed by atoms with Crippen LogP contribution in [0.5, 0.6) is 0 Å². The Morgan fingerprint density at radius 3 is 2.48 bits per heavy atom. The highest BCUT2D eigenvalue weighted by Gasteiger charge is 2.19. The van der Waals surface area contributed by atoms with Gasteiger partial charge in [-0.25, -0.2) is 4.39 Å². The second kappa shape index (κ2) is 8.23. The van der Waals surface area contributed by atoms with Crippen LogP contribution in [0, 0.1) is 12.7 Å². The summed E-state index contributed by atoms with van der Waals surface area (Å²) in [4.78, 5) is 16.6. The van der Waals surface area contributed by atoms with Gasteiger partial charge in [0, 0.05) is 38.4 Å². The second-order valence-corrected chi connectivity index (χ2v) is 6.60. The molecule has 0 atom stereocenters. The summed E-state index contributed by atoms with van der Waals surface area (Å²) < 4.78 is 13.3. The zero-order valence-corrected chi connectivity index (χ0v) is 14.5. The maximum absolute atomic E-state index is 13.3. The lowest BCUT2D eigenvalue weighted by Gasteiger charge is -2.34. The molecule has 1 amide bonds. The number of halogens is 1. The molecule has 0 aliphatic carbocycles. The molecule has 5 heteroatoms. The normalized spacial score (nSPS) is 15.9. The molecule has 1 N–H and O–H groups in total. The van der Waals surface area contributed by atoms with Crippen molar-refractivity contribution in [3.05, 3.63) is 65.5 Å². The number of nitrogens with one attached hydrogen (secondary N) is 1. The number of aryl methyl sites for hydroxylation is 1. The number of hydrogen-bond acceptors (Lipinski definition) is 3. The van der Waals surface area contributed by atoms with Crippen LogP contribution in [0.2, 0.25) is 0 Å². The van der Waals surface area contributed by atoms with E-state index in [1.165, 1.54) is 6.07 Å². The van der Waals surface area contributed by atoms with Crippen molar-refractivity contribution in [3.63, 3.8) is 0 Å². The third-order valence-corrected chi connectivity index (χ3v) is 4.43. The fourth-order valence-corrected chi connectivity index (χ4v) is 3.13. The number of anilines is 1. The third-order valence-electron chi connectivity index (χ3n) is 4.43. The molecule has 25 heavy (non-hydrogen) atoms. The average molecular weight is 341 g/mol. The Kier molecular flexibility index (Phi) is 5.79. The Morgan fingerprint density at radius 1 is 1.04 bits per heavy atom. The first-order valence-corrected chi connectivity index (χ1v) is 8.64. The van der Waals surface area contributed by atoms with Gasteiger partial charge < -0.3 is 5.32 Å². The monoisotopic (exact) mass is 341 g/mol. The first kappa shape index (κ1) is 17.6. The maximum Gasteiger partial charge on any atom is 0.238 e. The van der Waals surface area contributed by atoms with Gasteiger partial charge in [-0.15, -0.1) is 0 Å². The lowest BCUT2D eigenvalue weighted by atomic mass is 10.2. The van der Waals surface area contributed by atoms with E-state index < -0.39 is 0 Å². The topological polar surface area (TPSA) is 35.6 Å². The highest BCUT2D eigenvalue weighted by atomic mass is 19.1. The smallest absolute Gasteiger partial charge is 0.238 e. The largest absolute Gasteiger partial charge is 0.325 e. The molecule has 1 fully saturated rings. The van der Waals surface area contributed by atoms with E-state index in [2.05, 4.69) is 15.1 Å². The van der Waals surface area contributed by atoms with Crippen molar-refractivity contribution >= 4 is 11.6 Å². The minimum Gasteiger partial charge on any atom is -0.325 e. The van der Waals surface area contributed by atoms with Crippen LogP contribution in [0.3, 0.4) is 0 Å². The van der Waals surface area contributed by atoms with Crippen molar-refractivity contribution in [1.82, 2.24) is 9.80 Å². The van der Waals surface area contributed by atoms with Gasteiger partial charge in [-0.3, -0.25) is 14.6 Å². The van der Waals surface area contributed by atoms with Gasteiger partial charge in [-0.2, -0.15) is 0 Å². The molecule has 1 heterocycles. The molecular formula is C20H24FN3O. The van der Waals surface area contributed by atoms with Gasteiger partial charge in [0.05, 0.1) is 6.54 Å². The van der Waals surface area contributed by atoms with Crippen molar-refractivity contribution < 1.29 is 9.18 Å². The Morgan fingerprint density at radius 2 is 1.76 bits per heavy atom. The molecule has 0 bridgehead atoms. The maximum atomic E-state index is 13.3. The summed E-state index contributed by atoms with van der Waals surface area (Å²) in [5, 5.41) is 2.95. The van der Waals surface area contributed by atoms with E-state index in [0.29, 0.717) is 6.54 Å². The highest BCUT2D eigenvalue weighted by molar-refractivity contribution is 5.92. The number of carbonyl (C=O) groups excluding carboxylic acids is 1. The molecule has 1 saturated heterocycles. The molecule has 2 aromatic carbocycles. The summed E-state index contributed by atoms with van der Waals surface area (Å²) in [6.07, 6.45) is 0. The lowest BCUT2D eigenvalue weighted by Crippen LogP contribution is -2.48. The molecule has 2 aromatic rings. The van der Waals surface area contributed by atoms with Gasteiger partial charge in [-0.1, -0.05) is 24.3 Å². The fraction of sp³-hybridized carbons (Fsp3) is 0.350. The van der Waals surface area contributed by atoms with E-state index in [9.17, 15) is 9.18 Å².